The number of anilines is 1. The van der Waals surface area contributed by atoms with E-state index in [2.05, 4.69) is 63.2 Å². The fraction of sp³-hybridized carbons (Fsp3) is 0.400. The molecular weight excluding hydrogens is 410 g/mol. The van der Waals surface area contributed by atoms with Gasteiger partial charge in [0.2, 0.25) is 5.91 Å². The molecule has 0 spiro atoms. The van der Waals surface area contributed by atoms with E-state index in [-0.39, 0.29) is 5.91 Å². The quantitative estimate of drug-likeness (QED) is 0.682. The van der Waals surface area contributed by atoms with Gasteiger partial charge in [-0.25, -0.2) is 4.98 Å². The molecule has 1 N–H and O–H groups in total. The number of benzene rings is 1. The van der Waals surface area contributed by atoms with Crippen molar-refractivity contribution in [2.75, 3.05) is 23.7 Å². The van der Waals surface area contributed by atoms with Crippen LogP contribution >= 0.6 is 27.7 Å². The van der Waals surface area contributed by atoms with E-state index < -0.39 is 0 Å². The zero-order chi connectivity index (χ0) is 18.5. The molecule has 3 rings (SSSR count). The van der Waals surface area contributed by atoms with Crippen LogP contribution in [0.5, 0.6) is 0 Å². The second-order valence-corrected chi connectivity index (χ2v) is 8.52. The Kier molecular flexibility index (Phi) is 6.59. The Morgan fingerprint density at radius 3 is 2.77 bits per heavy atom. The number of nitrogens with one attached hydrogen (secondary N) is 1. The lowest BCUT2D eigenvalue weighted by Gasteiger charge is -2.17. The van der Waals surface area contributed by atoms with Gasteiger partial charge in [-0.3, -0.25) is 4.79 Å². The minimum Gasteiger partial charge on any atom is -0.357 e. The van der Waals surface area contributed by atoms with E-state index in [0.29, 0.717) is 12.3 Å². The van der Waals surface area contributed by atoms with Gasteiger partial charge in [0, 0.05) is 35.2 Å². The summed E-state index contributed by atoms with van der Waals surface area (Å²) in [6, 6.07) is 8.28. The summed E-state index contributed by atoms with van der Waals surface area (Å²) in [4.78, 5) is 20.1. The molecular formula is C20H24BrN3OS. The smallest absolute Gasteiger partial charge is 0.230 e. The van der Waals surface area contributed by atoms with Gasteiger partial charge in [0.15, 0.2) is 0 Å². The lowest BCUT2D eigenvalue weighted by Crippen LogP contribution is -2.25. The minimum absolute atomic E-state index is 0.0505. The van der Waals surface area contributed by atoms with Crippen LogP contribution in [0.15, 0.2) is 39.8 Å². The van der Waals surface area contributed by atoms with Gasteiger partial charge in [0.05, 0.1) is 5.75 Å². The third-order valence-corrected chi connectivity index (χ3v) is 6.56. The number of halogens is 1. The lowest BCUT2D eigenvalue weighted by molar-refractivity contribution is -0.118. The highest BCUT2D eigenvalue weighted by molar-refractivity contribution is 9.10. The summed E-state index contributed by atoms with van der Waals surface area (Å²) in [5, 5.41) is 3.02. The van der Waals surface area contributed by atoms with Gasteiger partial charge < -0.3 is 10.2 Å². The third-order valence-electron chi connectivity index (χ3n) is 4.54. The van der Waals surface area contributed by atoms with E-state index in [1.54, 1.807) is 11.8 Å². The molecule has 1 amide bonds. The lowest BCUT2D eigenvalue weighted by atomic mass is 10.2. The Balaban J connectivity index is 1.51. The first-order valence-corrected chi connectivity index (χ1v) is 10.7. The molecule has 1 aromatic heterocycles. The first-order chi connectivity index (χ1) is 12.5. The summed E-state index contributed by atoms with van der Waals surface area (Å²) in [6.07, 6.45) is 4.29. The standard InChI is InChI=1S/C20H24BrN3OS/c1-14-10-18(15(2)9-17(14)21)26-13-20(25)23-12-16-5-6-22-19(11-16)24-7-3-4-8-24/h5-6,9-11H,3-4,7-8,12-13H2,1-2H3,(H,23,25). The van der Waals surface area contributed by atoms with Crippen LogP contribution in [0.25, 0.3) is 0 Å². The van der Waals surface area contributed by atoms with E-state index in [0.717, 1.165) is 33.8 Å². The first-order valence-electron chi connectivity index (χ1n) is 8.89. The Hall–Kier alpha value is -1.53. The van der Waals surface area contributed by atoms with Gasteiger partial charge in [-0.1, -0.05) is 15.9 Å². The summed E-state index contributed by atoms with van der Waals surface area (Å²) in [5.41, 5.74) is 3.46. The molecule has 0 radical (unpaired) electrons. The maximum absolute atomic E-state index is 12.2. The molecule has 138 valence electrons. The Bertz CT molecular complexity index is 791. The highest BCUT2D eigenvalue weighted by Gasteiger charge is 2.14. The van der Waals surface area contributed by atoms with Crippen molar-refractivity contribution in [3.63, 3.8) is 0 Å². The molecule has 1 fully saturated rings. The number of hydrogen-bond donors (Lipinski definition) is 1. The molecule has 0 saturated carbocycles. The van der Waals surface area contributed by atoms with Crippen molar-refractivity contribution in [1.29, 1.82) is 0 Å². The van der Waals surface area contributed by atoms with Crippen LogP contribution < -0.4 is 10.2 Å². The first kappa shape index (κ1) is 19.2. The molecule has 26 heavy (non-hydrogen) atoms. The van der Waals surface area contributed by atoms with Crippen LogP contribution in [0, 0.1) is 13.8 Å². The summed E-state index contributed by atoms with van der Waals surface area (Å²) in [6.45, 7) is 6.83. The van der Waals surface area contributed by atoms with Crippen LogP contribution in [0.2, 0.25) is 0 Å². The monoisotopic (exact) mass is 433 g/mol. The number of aryl methyl sites for hydroxylation is 2. The molecule has 0 unspecified atom stereocenters. The van der Waals surface area contributed by atoms with Crippen molar-refractivity contribution in [2.24, 2.45) is 0 Å². The van der Waals surface area contributed by atoms with Gasteiger partial charge in [-0.05, 0) is 67.6 Å². The van der Waals surface area contributed by atoms with Crippen LogP contribution in [0.4, 0.5) is 5.82 Å². The molecule has 6 heteroatoms. The molecule has 4 nitrogen and oxygen atoms in total. The van der Waals surface area contributed by atoms with Gasteiger partial charge in [-0.15, -0.1) is 11.8 Å². The molecule has 2 heterocycles. The second kappa shape index (κ2) is 8.91. The number of thioether (sulfide) groups is 1. The highest BCUT2D eigenvalue weighted by Crippen LogP contribution is 2.28. The normalized spacial score (nSPS) is 13.9. The topological polar surface area (TPSA) is 45.2 Å². The maximum atomic E-state index is 12.2. The highest BCUT2D eigenvalue weighted by atomic mass is 79.9. The van der Waals surface area contributed by atoms with Crippen LogP contribution in [0.3, 0.4) is 0 Å². The van der Waals surface area contributed by atoms with E-state index in [1.165, 1.54) is 24.0 Å². The van der Waals surface area contributed by atoms with E-state index in [9.17, 15) is 4.79 Å². The average Bonchev–Trinajstić information content (AvgIpc) is 3.17. The van der Waals surface area contributed by atoms with Crippen molar-refractivity contribution in [2.45, 2.75) is 38.1 Å². The van der Waals surface area contributed by atoms with E-state index in [1.807, 2.05) is 12.3 Å². The van der Waals surface area contributed by atoms with Crippen molar-refractivity contribution in [3.05, 3.63) is 51.6 Å². The van der Waals surface area contributed by atoms with Crippen molar-refractivity contribution < 1.29 is 4.79 Å². The zero-order valence-corrected chi connectivity index (χ0v) is 17.6. The van der Waals surface area contributed by atoms with Crippen LogP contribution in [0.1, 0.15) is 29.5 Å². The predicted molar refractivity (Wildman–Crippen MR) is 112 cm³/mol. The van der Waals surface area contributed by atoms with Crippen molar-refractivity contribution in [3.8, 4) is 0 Å². The number of carbonyl (C=O) groups is 1. The minimum atomic E-state index is 0.0505. The molecule has 1 saturated heterocycles. The number of hydrogen-bond acceptors (Lipinski definition) is 4. The summed E-state index contributed by atoms with van der Waals surface area (Å²) in [7, 11) is 0. The van der Waals surface area contributed by atoms with Gasteiger partial charge in [0.25, 0.3) is 0 Å². The van der Waals surface area contributed by atoms with Crippen LogP contribution in [-0.2, 0) is 11.3 Å². The molecule has 2 aromatic rings. The Morgan fingerprint density at radius 2 is 2.00 bits per heavy atom. The van der Waals surface area contributed by atoms with Gasteiger partial charge in [0.1, 0.15) is 5.82 Å². The van der Waals surface area contributed by atoms with Crippen molar-refractivity contribution in [1.82, 2.24) is 10.3 Å². The maximum Gasteiger partial charge on any atom is 0.230 e. The summed E-state index contributed by atoms with van der Waals surface area (Å²) >= 11 is 5.13. The molecule has 0 aliphatic carbocycles. The Morgan fingerprint density at radius 1 is 1.23 bits per heavy atom. The summed E-state index contributed by atoms with van der Waals surface area (Å²) in [5.74, 6) is 1.49. The number of carbonyl (C=O) groups excluding carboxylic acids is 1. The fourth-order valence-corrected chi connectivity index (χ4v) is 4.39. The summed E-state index contributed by atoms with van der Waals surface area (Å²) < 4.78 is 1.11. The molecule has 0 atom stereocenters. The predicted octanol–water partition coefficient (Wildman–Crippen LogP) is 4.47. The van der Waals surface area contributed by atoms with Crippen LogP contribution in [-0.4, -0.2) is 29.7 Å². The van der Waals surface area contributed by atoms with Crippen molar-refractivity contribution >= 4 is 39.4 Å². The fourth-order valence-electron chi connectivity index (χ4n) is 2.99. The molecule has 1 aliphatic heterocycles. The zero-order valence-electron chi connectivity index (χ0n) is 15.2. The number of pyridine rings is 1. The number of nitrogens with zero attached hydrogens (tertiary/aromatic N) is 2. The average molecular weight is 434 g/mol. The number of aromatic nitrogens is 1. The molecule has 1 aliphatic rings. The third kappa shape index (κ3) is 5.01. The second-order valence-electron chi connectivity index (χ2n) is 6.65. The molecule has 1 aromatic carbocycles. The van der Waals surface area contributed by atoms with E-state index in [4.69, 9.17) is 0 Å². The van der Waals surface area contributed by atoms with Gasteiger partial charge in [-0.2, -0.15) is 0 Å². The SMILES string of the molecule is Cc1cc(SCC(=O)NCc2ccnc(N3CCCC3)c2)c(C)cc1Br. The molecule has 0 bridgehead atoms. The number of amides is 1. The number of rotatable bonds is 6. The largest absolute Gasteiger partial charge is 0.357 e. The Labute approximate surface area is 167 Å². The van der Waals surface area contributed by atoms with E-state index >= 15 is 0 Å². The van der Waals surface area contributed by atoms with Gasteiger partial charge >= 0.3 is 0 Å².